The first-order chi connectivity index (χ1) is 16.0. The van der Waals surface area contributed by atoms with Crippen LogP contribution in [0.2, 0.25) is 0 Å². The second-order valence-corrected chi connectivity index (χ2v) is 8.36. The van der Waals surface area contributed by atoms with Crippen LogP contribution in [-0.2, 0) is 22.7 Å². The largest absolute Gasteiger partial charge is 0.348 e. The van der Waals surface area contributed by atoms with Crippen molar-refractivity contribution >= 4 is 23.4 Å². The highest BCUT2D eigenvalue weighted by molar-refractivity contribution is 6.05. The van der Waals surface area contributed by atoms with Crippen LogP contribution < -0.4 is 10.6 Å². The van der Waals surface area contributed by atoms with Gasteiger partial charge < -0.3 is 15.5 Å². The molecule has 1 heterocycles. The van der Waals surface area contributed by atoms with Crippen LogP contribution in [0.4, 0.5) is 5.69 Å². The zero-order valence-electron chi connectivity index (χ0n) is 18.6. The van der Waals surface area contributed by atoms with Gasteiger partial charge in [0.15, 0.2) is 0 Å². The van der Waals surface area contributed by atoms with Gasteiger partial charge in [0.2, 0.25) is 11.8 Å². The normalized spacial score (nSPS) is 15.4. The molecule has 0 spiro atoms. The van der Waals surface area contributed by atoms with Crippen LogP contribution in [0.5, 0.6) is 0 Å². The van der Waals surface area contributed by atoms with E-state index in [0.29, 0.717) is 30.9 Å². The predicted molar refractivity (Wildman–Crippen MR) is 127 cm³/mol. The van der Waals surface area contributed by atoms with E-state index >= 15 is 0 Å². The molecule has 1 aliphatic rings. The van der Waals surface area contributed by atoms with Crippen molar-refractivity contribution in [1.82, 2.24) is 10.2 Å². The van der Waals surface area contributed by atoms with Gasteiger partial charge in [0, 0.05) is 26.1 Å². The van der Waals surface area contributed by atoms with E-state index in [2.05, 4.69) is 10.6 Å². The second-order valence-electron chi connectivity index (χ2n) is 8.36. The molecule has 3 aromatic rings. The summed E-state index contributed by atoms with van der Waals surface area (Å²) in [6.07, 6.45) is 0.167. The third-order valence-corrected chi connectivity index (χ3v) is 5.80. The fraction of sp³-hybridized carbons (Fsp3) is 0.222. The van der Waals surface area contributed by atoms with Crippen molar-refractivity contribution in [3.63, 3.8) is 0 Å². The number of nitrogens with one attached hydrogen (secondary N) is 2. The van der Waals surface area contributed by atoms with Gasteiger partial charge in [-0.1, -0.05) is 72.3 Å². The zero-order valence-corrected chi connectivity index (χ0v) is 18.6. The molecule has 0 aromatic heterocycles. The van der Waals surface area contributed by atoms with Gasteiger partial charge in [-0.3, -0.25) is 14.4 Å². The van der Waals surface area contributed by atoms with Crippen molar-refractivity contribution in [2.45, 2.75) is 26.4 Å². The molecule has 168 valence electrons. The SMILES string of the molecule is Cc1ccc(CNC(=O)c2ccccc2NC(=O)[C@H]2CC(=O)N(Cc3ccccc3)C2)cc1. The summed E-state index contributed by atoms with van der Waals surface area (Å²) < 4.78 is 0. The minimum atomic E-state index is -0.454. The Morgan fingerprint density at radius 2 is 1.61 bits per heavy atom. The highest BCUT2D eigenvalue weighted by Gasteiger charge is 2.34. The number of nitrogens with zero attached hydrogens (tertiary/aromatic N) is 1. The Bertz CT molecular complexity index is 1140. The van der Waals surface area contributed by atoms with Crippen LogP contribution in [0.1, 0.15) is 33.5 Å². The summed E-state index contributed by atoms with van der Waals surface area (Å²) in [4.78, 5) is 39.9. The maximum Gasteiger partial charge on any atom is 0.253 e. The fourth-order valence-corrected chi connectivity index (χ4v) is 3.91. The number of benzene rings is 3. The van der Waals surface area contributed by atoms with Gasteiger partial charge in [-0.15, -0.1) is 0 Å². The molecular formula is C27H27N3O3. The van der Waals surface area contributed by atoms with E-state index < -0.39 is 5.92 Å². The quantitative estimate of drug-likeness (QED) is 0.584. The van der Waals surface area contributed by atoms with E-state index in [4.69, 9.17) is 0 Å². The van der Waals surface area contributed by atoms with Gasteiger partial charge in [-0.2, -0.15) is 0 Å². The molecular weight excluding hydrogens is 414 g/mol. The smallest absolute Gasteiger partial charge is 0.253 e. The Hall–Kier alpha value is -3.93. The highest BCUT2D eigenvalue weighted by atomic mass is 16.2. The van der Waals surface area contributed by atoms with Crippen molar-refractivity contribution in [2.24, 2.45) is 5.92 Å². The van der Waals surface area contributed by atoms with E-state index in [9.17, 15) is 14.4 Å². The van der Waals surface area contributed by atoms with E-state index in [1.807, 2.05) is 61.5 Å². The maximum atomic E-state index is 12.9. The van der Waals surface area contributed by atoms with Crippen molar-refractivity contribution in [3.8, 4) is 0 Å². The van der Waals surface area contributed by atoms with Crippen LogP contribution in [0.25, 0.3) is 0 Å². The molecule has 0 unspecified atom stereocenters. The monoisotopic (exact) mass is 441 g/mol. The molecule has 6 nitrogen and oxygen atoms in total. The molecule has 2 N–H and O–H groups in total. The van der Waals surface area contributed by atoms with Crippen LogP contribution in [0.3, 0.4) is 0 Å². The lowest BCUT2D eigenvalue weighted by Gasteiger charge is -2.17. The number of hydrogen-bond acceptors (Lipinski definition) is 3. The first-order valence-corrected chi connectivity index (χ1v) is 11.0. The molecule has 33 heavy (non-hydrogen) atoms. The van der Waals surface area contributed by atoms with Gasteiger partial charge in [-0.05, 0) is 30.2 Å². The lowest BCUT2D eigenvalue weighted by atomic mass is 10.1. The van der Waals surface area contributed by atoms with Crippen LogP contribution in [-0.4, -0.2) is 29.2 Å². The first kappa shape index (κ1) is 22.3. The molecule has 3 aromatic carbocycles. The van der Waals surface area contributed by atoms with Crippen molar-refractivity contribution in [3.05, 3.63) is 101 Å². The van der Waals surface area contributed by atoms with Gasteiger partial charge in [0.05, 0.1) is 17.2 Å². The number of para-hydroxylation sites is 1. The molecule has 0 radical (unpaired) electrons. The maximum absolute atomic E-state index is 12.9. The molecule has 4 rings (SSSR count). The van der Waals surface area contributed by atoms with Gasteiger partial charge in [-0.25, -0.2) is 0 Å². The number of carbonyl (C=O) groups is 3. The fourth-order valence-electron chi connectivity index (χ4n) is 3.91. The Balaban J connectivity index is 1.38. The van der Waals surface area contributed by atoms with Gasteiger partial charge >= 0.3 is 0 Å². The van der Waals surface area contributed by atoms with Crippen LogP contribution in [0, 0.1) is 12.8 Å². The topological polar surface area (TPSA) is 78.5 Å². The van der Waals surface area contributed by atoms with Crippen LogP contribution in [0.15, 0.2) is 78.9 Å². The lowest BCUT2D eigenvalue weighted by molar-refractivity contribution is -0.128. The minimum absolute atomic E-state index is 0.0388. The van der Waals surface area contributed by atoms with Crippen molar-refractivity contribution in [2.75, 3.05) is 11.9 Å². The molecule has 3 amide bonds. The summed E-state index contributed by atoms with van der Waals surface area (Å²) >= 11 is 0. The number of anilines is 1. The zero-order chi connectivity index (χ0) is 23.2. The number of aryl methyl sites for hydroxylation is 1. The Kier molecular flexibility index (Phi) is 6.83. The molecule has 0 saturated carbocycles. The highest BCUT2D eigenvalue weighted by Crippen LogP contribution is 2.23. The third-order valence-electron chi connectivity index (χ3n) is 5.80. The van der Waals surface area contributed by atoms with Gasteiger partial charge in [0.1, 0.15) is 0 Å². The molecule has 1 saturated heterocycles. The summed E-state index contributed by atoms with van der Waals surface area (Å²) in [7, 11) is 0. The second kappa shape index (κ2) is 10.1. The minimum Gasteiger partial charge on any atom is -0.348 e. The standard InChI is InChI=1S/C27H27N3O3/c1-19-11-13-20(14-12-19)16-28-27(33)23-9-5-6-10-24(23)29-26(32)22-15-25(31)30(18-22)17-21-7-3-2-4-8-21/h2-14,22H,15-18H2,1H3,(H,28,33)(H,29,32)/t22-/m0/s1. The third kappa shape index (κ3) is 5.66. The Labute approximate surface area is 193 Å². The first-order valence-electron chi connectivity index (χ1n) is 11.0. The number of carbonyl (C=O) groups excluding carboxylic acids is 3. The number of rotatable bonds is 7. The number of likely N-dealkylation sites (tertiary alicyclic amines) is 1. The summed E-state index contributed by atoms with van der Waals surface area (Å²) in [6.45, 7) is 3.26. The Morgan fingerprint density at radius 1 is 0.909 bits per heavy atom. The van der Waals surface area contributed by atoms with Crippen LogP contribution >= 0.6 is 0 Å². The van der Waals surface area contributed by atoms with Gasteiger partial charge in [0.25, 0.3) is 5.91 Å². The summed E-state index contributed by atoms with van der Waals surface area (Å²) in [5.74, 6) is -1.01. The molecule has 1 fully saturated rings. The molecule has 6 heteroatoms. The van der Waals surface area contributed by atoms with E-state index in [0.717, 1.165) is 16.7 Å². The average molecular weight is 442 g/mol. The van der Waals surface area contributed by atoms with E-state index in [-0.39, 0.29) is 24.1 Å². The number of amides is 3. The molecule has 0 aliphatic carbocycles. The van der Waals surface area contributed by atoms with Crippen molar-refractivity contribution < 1.29 is 14.4 Å². The lowest BCUT2D eigenvalue weighted by Crippen LogP contribution is -2.29. The summed E-state index contributed by atoms with van der Waals surface area (Å²) in [5.41, 5.74) is 4.02. The van der Waals surface area contributed by atoms with E-state index in [1.54, 1.807) is 29.2 Å². The predicted octanol–water partition coefficient (Wildman–Crippen LogP) is 3.91. The Morgan fingerprint density at radius 3 is 2.36 bits per heavy atom. The molecule has 1 aliphatic heterocycles. The molecule has 1 atom stereocenters. The number of hydrogen-bond donors (Lipinski definition) is 2. The van der Waals surface area contributed by atoms with E-state index in [1.165, 1.54) is 0 Å². The molecule has 0 bridgehead atoms. The summed E-state index contributed by atoms with van der Waals surface area (Å²) in [6, 6.07) is 24.6. The summed E-state index contributed by atoms with van der Waals surface area (Å²) in [5, 5.41) is 5.77. The van der Waals surface area contributed by atoms with Crippen molar-refractivity contribution in [1.29, 1.82) is 0 Å². The average Bonchev–Trinajstić information content (AvgIpc) is 3.20.